The van der Waals surface area contributed by atoms with E-state index in [9.17, 15) is 0 Å². The minimum absolute atomic E-state index is 0.547. The Bertz CT molecular complexity index is 208. The van der Waals surface area contributed by atoms with Crippen molar-refractivity contribution >= 4 is 0 Å². The molecule has 1 aliphatic carbocycles. The molecule has 2 aliphatic rings. The van der Waals surface area contributed by atoms with Crippen molar-refractivity contribution in [1.29, 1.82) is 0 Å². The molecule has 0 aromatic heterocycles. The maximum atomic E-state index is 5.90. The van der Waals surface area contributed by atoms with Crippen LogP contribution in [0.1, 0.15) is 45.4 Å². The van der Waals surface area contributed by atoms with E-state index in [-0.39, 0.29) is 0 Å². The van der Waals surface area contributed by atoms with Crippen molar-refractivity contribution in [1.82, 2.24) is 10.2 Å². The highest BCUT2D eigenvalue weighted by molar-refractivity contribution is 4.87. The minimum atomic E-state index is 0.547. The normalized spacial score (nSPS) is 30.2. The second kappa shape index (κ2) is 7.34. The van der Waals surface area contributed by atoms with Crippen LogP contribution < -0.4 is 5.32 Å². The molecule has 17 heavy (non-hydrogen) atoms. The predicted octanol–water partition coefficient (Wildman–Crippen LogP) is 2.02. The fraction of sp³-hybridized carbons (Fsp3) is 1.00. The zero-order valence-electron chi connectivity index (χ0n) is 11.3. The van der Waals surface area contributed by atoms with Crippen LogP contribution in [0.25, 0.3) is 0 Å². The quantitative estimate of drug-likeness (QED) is 0.719. The van der Waals surface area contributed by atoms with E-state index in [0.29, 0.717) is 6.10 Å². The summed E-state index contributed by atoms with van der Waals surface area (Å²) in [7, 11) is 0. The standard InChI is InChI=1S/C14H28N2O/c1-2-15-9-5-6-10-16-11-12-17-14-8-4-3-7-13(14)16/h13-15H,2-12H2,1H3. The number of nitrogens with zero attached hydrogens (tertiary/aromatic N) is 1. The Labute approximate surface area is 106 Å². The molecule has 0 spiro atoms. The molecule has 0 aromatic rings. The smallest absolute Gasteiger partial charge is 0.0730 e. The first-order chi connectivity index (χ1) is 8.42. The summed E-state index contributed by atoms with van der Waals surface area (Å²) < 4.78 is 5.90. The highest BCUT2D eigenvalue weighted by Gasteiger charge is 2.33. The summed E-state index contributed by atoms with van der Waals surface area (Å²) in [5.74, 6) is 0. The lowest BCUT2D eigenvalue weighted by Gasteiger charge is -2.43. The van der Waals surface area contributed by atoms with E-state index in [1.54, 1.807) is 0 Å². The number of nitrogens with one attached hydrogen (secondary N) is 1. The first kappa shape index (κ1) is 13.3. The van der Waals surface area contributed by atoms with E-state index in [2.05, 4.69) is 17.1 Å². The van der Waals surface area contributed by atoms with Crippen molar-refractivity contribution < 1.29 is 4.74 Å². The highest BCUT2D eigenvalue weighted by Crippen LogP contribution is 2.28. The molecule has 1 heterocycles. The van der Waals surface area contributed by atoms with Gasteiger partial charge in [-0.25, -0.2) is 0 Å². The van der Waals surface area contributed by atoms with Crippen LogP contribution in [0, 0.1) is 0 Å². The number of morpholine rings is 1. The molecule has 0 bridgehead atoms. The number of hydrogen-bond acceptors (Lipinski definition) is 3. The number of hydrogen-bond donors (Lipinski definition) is 1. The van der Waals surface area contributed by atoms with Crippen molar-refractivity contribution in [2.75, 3.05) is 32.8 Å². The van der Waals surface area contributed by atoms with E-state index in [1.165, 1.54) is 51.6 Å². The minimum Gasteiger partial charge on any atom is -0.375 e. The molecule has 2 rings (SSSR count). The third-order valence-electron chi connectivity index (χ3n) is 4.15. The lowest BCUT2D eigenvalue weighted by molar-refractivity contribution is -0.0882. The van der Waals surface area contributed by atoms with Gasteiger partial charge in [0.2, 0.25) is 0 Å². The Morgan fingerprint density at radius 2 is 2.12 bits per heavy atom. The van der Waals surface area contributed by atoms with Crippen molar-refractivity contribution in [2.24, 2.45) is 0 Å². The molecule has 3 heteroatoms. The first-order valence-corrected chi connectivity index (χ1v) is 7.48. The van der Waals surface area contributed by atoms with Crippen molar-refractivity contribution in [2.45, 2.75) is 57.6 Å². The summed E-state index contributed by atoms with van der Waals surface area (Å²) in [4.78, 5) is 2.69. The Morgan fingerprint density at radius 3 is 3.00 bits per heavy atom. The molecule has 2 atom stereocenters. The maximum Gasteiger partial charge on any atom is 0.0730 e. The van der Waals surface area contributed by atoms with E-state index >= 15 is 0 Å². The fourth-order valence-electron chi connectivity index (χ4n) is 3.20. The molecule has 0 aromatic carbocycles. The number of ether oxygens (including phenoxy) is 1. The van der Waals surface area contributed by atoms with Crippen LogP contribution in [-0.2, 0) is 4.74 Å². The molecule has 2 unspecified atom stereocenters. The average Bonchev–Trinajstić information content (AvgIpc) is 2.39. The number of unbranched alkanes of at least 4 members (excludes halogenated alkanes) is 1. The van der Waals surface area contributed by atoms with Crippen LogP contribution in [0.4, 0.5) is 0 Å². The largest absolute Gasteiger partial charge is 0.375 e. The van der Waals surface area contributed by atoms with Crippen LogP contribution in [0.2, 0.25) is 0 Å². The molecule has 1 saturated carbocycles. The monoisotopic (exact) mass is 240 g/mol. The summed E-state index contributed by atoms with van der Waals surface area (Å²) in [6, 6.07) is 0.733. The third kappa shape index (κ3) is 3.94. The van der Waals surface area contributed by atoms with Crippen molar-refractivity contribution in [3.05, 3.63) is 0 Å². The van der Waals surface area contributed by atoms with Crippen molar-refractivity contribution in [3.63, 3.8) is 0 Å². The van der Waals surface area contributed by atoms with Gasteiger partial charge in [-0.2, -0.15) is 0 Å². The van der Waals surface area contributed by atoms with Crippen LogP contribution in [0.5, 0.6) is 0 Å². The van der Waals surface area contributed by atoms with Gasteiger partial charge in [0, 0.05) is 12.6 Å². The Kier molecular flexibility index (Phi) is 5.75. The van der Waals surface area contributed by atoms with E-state index in [0.717, 1.165) is 25.7 Å². The number of fused-ring (bicyclic) bond motifs is 1. The average molecular weight is 240 g/mol. The Morgan fingerprint density at radius 1 is 1.24 bits per heavy atom. The molecular weight excluding hydrogens is 212 g/mol. The van der Waals surface area contributed by atoms with Gasteiger partial charge in [0.15, 0.2) is 0 Å². The summed E-state index contributed by atoms with van der Waals surface area (Å²) in [6.07, 6.45) is 8.61. The topological polar surface area (TPSA) is 24.5 Å². The molecule has 1 N–H and O–H groups in total. The Hall–Kier alpha value is -0.120. The molecule has 1 saturated heterocycles. The Balaban J connectivity index is 1.67. The van der Waals surface area contributed by atoms with Gasteiger partial charge in [-0.3, -0.25) is 4.90 Å². The van der Waals surface area contributed by atoms with Gasteiger partial charge < -0.3 is 10.1 Å². The van der Waals surface area contributed by atoms with Crippen LogP contribution in [0.15, 0.2) is 0 Å². The van der Waals surface area contributed by atoms with Gasteiger partial charge in [0.05, 0.1) is 12.7 Å². The highest BCUT2D eigenvalue weighted by atomic mass is 16.5. The first-order valence-electron chi connectivity index (χ1n) is 7.48. The van der Waals surface area contributed by atoms with Gasteiger partial charge >= 0.3 is 0 Å². The van der Waals surface area contributed by atoms with Gasteiger partial charge in [0.1, 0.15) is 0 Å². The summed E-state index contributed by atoms with van der Waals surface area (Å²) in [5.41, 5.74) is 0. The molecule has 1 aliphatic heterocycles. The van der Waals surface area contributed by atoms with Gasteiger partial charge in [-0.15, -0.1) is 0 Å². The molecule has 0 amide bonds. The van der Waals surface area contributed by atoms with Crippen LogP contribution in [-0.4, -0.2) is 49.8 Å². The molecule has 3 nitrogen and oxygen atoms in total. The van der Waals surface area contributed by atoms with Gasteiger partial charge in [0.25, 0.3) is 0 Å². The van der Waals surface area contributed by atoms with Crippen molar-refractivity contribution in [3.8, 4) is 0 Å². The van der Waals surface area contributed by atoms with Gasteiger partial charge in [-0.05, 0) is 45.3 Å². The summed E-state index contributed by atoms with van der Waals surface area (Å²) in [6.45, 7) is 7.83. The SMILES string of the molecule is CCNCCCCN1CCOC2CCCCC21. The lowest BCUT2D eigenvalue weighted by atomic mass is 9.90. The van der Waals surface area contributed by atoms with E-state index < -0.39 is 0 Å². The predicted molar refractivity (Wildman–Crippen MR) is 71.3 cm³/mol. The second-order valence-corrected chi connectivity index (χ2v) is 5.36. The molecule has 0 radical (unpaired) electrons. The number of rotatable bonds is 6. The van der Waals surface area contributed by atoms with E-state index in [1.807, 2.05) is 0 Å². The molecule has 2 fully saturated rings. The second-order valence-electron chi connectivity index (χ2n) is 5.36. The fourth-order valence-corrected chi connectivity index (χ4v) is 3.20. The zero-order chi connectivity index (χ0) is 11.9. The van der Waals surface area contributed by atoms with Gasteiger partial charge in [-0.1, -0.05) is 19.8 Å². The zero-order valence-corrected chi connectivity index (χ0v) is 11.3. The lowest BCUT2D eigenvalue weighted by Crippen LogP contribution is -2.52. The molecule has 100 valence electrons. The summed E-state index contributed by atoms with van der Waals surface area (Å²) >= 11 is 0. The third-order valence-corrected chi connectivity index (χ3v) is 4.15. The van der Waals surface area contributed by atoms with Crippen LogP contribution >= 0.6 is 0 Å². The molecular formula is C14H28N2O. The maximum absolute atomic E-state index is 5.90. The summed E-state index contributed by atoms with van der Waals surface area (Å²) in [5, 5.41) is 3.40. The van der Waals surface area contributed by atoms with Crippen LogP contribution in [0.3, 0.4) is 0 Å². The van der Waals surface area contributed by atoms with E-state index in [4.69, 9.17) is 4.74 Å².